The van der Waals surface area contributed by atoms with E-state index in [1.165, 1.54) is 7.11 Å². The van der Waals surface area contributed by atoms with E-state index in [2.05, 4.69) is 27.2 Å². The predicted octanol–water partition coefficient (Wildman–Crippen LogP) is 0.147. The lowest BCUT2D eigenvalue weighted by Gasteiger charge is -2.21. The Morgan fingerprint density at radius 2 is 2.00 bits per heavy atom. The summed E-state index contributed by atoms with van der Waals surface area (Å²) in [5, 5.41) is 12.2. The third-order valence-electron chi connectivity index (χ3n) is 2.54. The molecule has 20 heavy (non-hydrogen) atoms. The first-order valence-corrected chi connectivity index (χ1v) is 6.63. The van der Waals surface area contributed by atoms with E-state index in [0.29, 0.717) is 31.6 Å². The van der Waals surface area contributed by atoms with Gasteiger partial charge in [0.15, 0.2) is 0 Å². The van der Waals surface area contributed by atoms with Crippen LogP contribution in [0.3, 0.4) is 0 Å². The quantitative estimate of drug-likeness (QED) is 0.627. The average molecular weight is 285 g/mol. The van der Waals surface area contributed by atoms with Gasteiger partial charge in [0, 0.05) is 26.7 Å². The minimum atomic E-state index is 0.00936. The molecule has 0 spiro atoms. The molecule has 8 heteroatoms. The Kier molecular flexibility index (Phi) is 7.59. The predicted molar refractivity (Wildman–Crippen MR) is 76.3 cm³/mol. The normalized spacial score (nSPS) is 10.4. The lowest BCUT2D eigenvalue weighted by Crippen LogP contribution is -2.32. The number of aliphatic hydroxyl groups excluding tert-OH is 1. The van der Waals surface area contributed by atoms with Gasteiger partial charge in [0.05, 0.1) is 20.3 Å². The molecule has 0 radical (unpaired) electrons. The molecule has 1 heterocycles. The zero-order valence-electron chi connectivity index (χ0n) is 12.3. The number of rotatable bonds is 10. The van der Waals surface area contributed by atoms with E-state index in [1.807, 2.05) is 4.90 Å². The van der Waals surface area contributed by atoms with Gasteiger partial charge in [0.2, 0.25) is 11.9 Å². The van der Waals surface area contributed by atoms with Crippen LogP contribution in [0.1, 0.15) is 13.3 Å². The highest BCUT2D eigenvalue weighted by molar-refractivity contribution is 5.38. The zero-order valence-corrected chi connectivity index (χ0v) is 12.3. The Morgan fingerprint density at radius 1 is 1.20 bits per heavy atom. The maximum absolute atomic E-state index is 9.13. The largest absolute Gasteiger partial charge is 0.467 e. The van der Waals surface area contributed by atoms with Gasteiger partial charge in [-0.05, 0) is 6.42 Å². The fourth-order valence-electron chi connectivity index (χ4n) is 1.53. The molecule has 0 aliphatic heterocycles. The topological polar surface area (TPSA) is 92.6 Å². The summed E-state index contributed by atoms with van der Waals surface area (Å²) in [6.45, 7) is 4.36. The van der Waals surface area contributed by atoms with Crippen LogP contribution >= 0.6 is 0 Å². The van der Waals surface area contributed by atoms with Crippen LogP contribution in [-0.2, 0) is 4.74 Å². The highest BCUT2D eigenvalue weighted by atomic mass is 16.5. The molecule has 0 amide bonds. The van der Waals surface area contributed by atoms with Gasteiger partial charge in [-0.3, -0.25) is 0 Å². The first-order valence-electron chi connectivity index (χ1n) is 6.63. The van der Waals surface area contributed by atoms with Gasteiger partial charge in [-0.2, -0.15) is 15.0 Å². The molecule has 1 rings (SSSR count). The molecule has 0 atom stereocenters. The Bertz CT molecular complexity index is 391. The van der Waals surface area contributed by atoms with Gasteiger partial charge in [-0.1, -0.05) is 6.92 Å². The van der Waals surface area contributed by atoms with E-state index >= 15 is 0 Å². The second-order valence-corrected chi connectivity index (χ2v) is 4.08. The minimum Gasteiger partial charge on any atom is -0.467 e. The molecule has 2 N–H and O–H groups in total. The number of ether oxygens (including phenoxy) is 2. The number of aromatic nitrogens is 3. The molecule has 0 bridgehead atoms. The molecule has 0 saturated carbocycles. The van der Waals surface area contributed by atoms with Crippen molar-refractivity contribution in [3.8, 4) is 6.01 Å². The van der Waals surface area contributed by atoms with E-state index in [9.17, 15) is 0 Å². The third-order valence-corrected chi connectivity index (χ3v) is 2.54. The van der Waals surface area contributed by atoms with Crippen molar-refractivity contribution in [2.45, 2.75) is 13.3 Å². The van der Waals surface area contributed by atoms with Crippen LogP contribution in [0.5, 0.6) is 6.01 Å². The summed E-state index contributed by atoms with van der Waals surface area (Å²) in [5.41, 5.74) is 0. The number of hydrogen-bond donors (Lipinski definition) is 2. The fourth-order valence-corrected chi connectivity index (χ4v) is 1.53. The lowest BCUT2D eigenvalue weighted by molar-refractivity contribution is 0.202. The number of methoxy groups -OCH3 is 2. The second-order valence-electron chi connectivity index (χ2n) is 4.08. The second kappa shape index (κ2) is 9.27. The van der Waals surface area contributed by atoms with Gasteiger partial charge in [-0.15, -0.1) is 0 Å². The Hall–Kier alpha value is -1.67. The van der Waals surface area contributed by atoms with E-state index < -0.39 is 0 Å². The van der Waals surface area contributed by atoms with E-state index in [-0.39, 0.29) is 12.6 Å². The molecule has 0 aromatic carbocycles. The Labute approximate surface area is 119 Å². The standard InChI is InChI=1S/C12H23N5O3/c1-4-5-13-10-14-11(16-12(15-10)20-3)17(6-8-18)7-9-19-2/h18H,4-9H2,1-3H3,(H,13,14,15,16). The molecule has 1 aromatic heterocycles. The smallest absolute Gasteiger partial charge is 0.322 e. The van der Waals surface area contributed by atoms with Crippen LogP contribution in [0, 0.1) is 0 Å². The molecule has 8 nitrogen and oxygen atoms in total. The zero-order chi connectivity index (χ0) is 14.8. The lowest BCUT2D eigenvalue weighted by atomic mass is 10.5. The molecule has 0 saturated heterocycles. The van der Waals surface area contributed by atoms with Crippen LogP contribution in [0.25, 0.3) is 0 Å². The summed E-state index contributed by atoms with van der Waals surface area (Å²) in [6, 6.07) is 0.244. The molecular formula is C12H23N5O3. The van der Waals surface area contributed by atoms with E-state index in [4.69, 9.17) is 14.6 Å². The first-order chi connectivity index (χ1) is 9.74. The van der Waals surface area contributed by atoms with Crippen molar-refractivity contribution in [3.63, 3.8) is 0 Å². The molecule has 114 valence electrons. The van der Waals surface area contributed by atoms with Crippen LogP contribution in [0.2, 0.25) is 0 Å². The molecular weight excluding hydrogens is 262 g/mol. The van der Waals surface area contributed by atoms with Crippen molar-refractivity contribution in [2.75, 3.05) is 57.3 Å². The van der Waals surface area contributed by atoms with Crippen molar-refractivity contribution in [2.24, 2.45) is 0 Å². The van der Waals surface area contributed by atoms with Crippen molar-refractivity contribution >= 4 is 11.9 Å². The van der Waals surface area contributed by atoms with Crippen molar-refractivity contribution in [3.05, 3.63) is 0 Å². The molecule has 0 fully saturated rings. The number of anilines is 2. The van der Waals surface area contributed by atoms with E-state index in [1.54, 1.807) is 7.11 Å². The number of aliphatic hydroxyl groups is 1. The Balaban J connectivity index is 2.92. The summed E-state index contributed by atoms with van der Waals surface area (Å²) >= 11 is 0. The van der Waals surface area contributed by atoms with Crippen LogP contribution in [0.15, 0.2) is 0 Å². The summed E-state index contributed by atoms with van der Waals surface area (Å²) in [6.07, 6.45) is 0.966. The number of nitrogens with zero attached hydrogens (tertiary/aromatic N) is 4. The monoisotopic (exact) mass is 285 g/mol. The fraction of sp³-hybridized carbons (Fsp3) is 0.750. The SMILES string of the molecule is CCCNc1nc(OC)nc(N(CCO)CCOC)n1. The van der Waals surface area contributed by atoms with Gasteiger partial charge in [0.25, 0.3) is 0 Å². The minimum absolute atomic E-state index is 0.00936. The van der Waals surface area contributed by atoms with Gasteiger partial charge in [-0.25, -0.2) is 0 Å². The summed E-state index contributed by atoms with van der Waals surface area (Å²) in [5.74, 6) is 0.926. The Morgan fingerprint density at radius 3 is 2.60 bits per heavy atom. The van der Waals surface area contributed by atoms with Crippen molar-refractivity contribution < 1.29 is 14.6 Å². The summed E-state index contributed by atoms with van der Waals surface area (Å²) < 4.78 is 10.1. The summed E-state index contributed by atoms with van der Waals surface area (Å²) in [4.78, 5) is 14.5. The number of nitrogens with one attached hydrogen (secondary N) is 1. The highest BCUT2D eigenvalue weighted by Gasteiger charge is 2.13. The maximum Gasteiger partial charge on any atom is 0.322 e. The summed E-state index contributed by atoms with van der Waals surface area (Å²) in [7, 11) is 3.13. The average Bonchev–Trinajstić information content (AvgIpc) is 2.49. The van der Waals surface area contributed by atoms with Crippen molar-refractivity contribution in [1.82, 2.24) is 15.0 Å². The molecule has 0 unspecified atom stereocenters. The maximum atomic E-state index is 9.13. The highest BCUT2D eigenvalue weighted by Crippen LogP contribution is 2.14. The van der Waals surface area contributed by atoms with Crippen molar-refractivity contribution in [1.29, 1.82) is 0 Å². The van der Waals surface area contributed by atoms with Gasteiger partial charge >= 0.3 is 6.01 Å². The molecule has 1 aromatic rings. The number of hydrogen-bond acceptors (Lipinski definition) is 8. The molecule has 0 aliphatic rings. The van der Waals surface area contributed by atoms with Crippen LogP contribution in [-0.4, -0.2) is 67.1 Å². The van der Waals surface area contributed by atoms with Gasteiger partial charge < -0.3 is 24.8 Å². The third kappa shape index (κ3) is 5.14. The first kappa shape index (κ1) is 16.4. The van der Waals surface area contributed by atoms with E-state index in [0.717, 1.165) is 13.0 Å². The van der Waals surface area contributed by atoms with Crippen LogP contribution < -0.4 is 15.0 Å². The molecule has 0 aliphatic carbocycles. The van der Waals surface area contributed by atoms with Gasteiger partial charge in [0.1, 0.15) is 0 Å². The van der Waals surface area contributed by atoms with Crippen LogP contribution in [0.4, 0.5) is 11.9 Å².